The fourth-order valence-corrected chi connectivity index (χ4v) is 4.88. The average molecular weight is 511 g/mol. The SMILES string of the molecule is CN(CCCNC(=O)NCc1ccccc1)CC1OC(n2cnc3c(N)ncnc32)C2OC(C)(C)OC12. The number of aromatic nitrogens is 4. The van der Waals surface area contributed by atoms with Crippen molar-refractivity contribution in [2.45, 2.75) is 57.1 Å². The standard InChI is InChI=1S/C25H34N8O4/c1-25(2)36-19-17(13-32(3)11-7-10-27-24(34)28-12-16-8-5-4-6-9-16)35-23(20(19)37-25)33-15-31-18-21(26)29-14-30-22(18)33/h4-6,8-9,14-15,17,19-20,23H,7,10-13H2,1-3H3,(H2,26,29,30)(H2,27,28,34). The predicted molar refractivity (Wildman–Crippen MR) is 136 cm³/mol. The molecule has 12 nitrogen and oxygen atoms in total. The second-order valence-corrected chi connectivity index (χ2v) is 9.92. The number of benzene rings is 1. The van der Waals surface area contributed by atoms with Crippen molar-refractivity contribution in [3.63, 3.8) is 0 Å². The van der Waals surface area contributed by atoms with Crippen molar-refractivity contribution in [3.8, 4) is 0 Å². The van der Waals surface area contributed by atoms with Crippen LogP contribution in [0.25, 0.3) is 11.2 Å². The summed E-state index contributed by atoms with van der Waals surface area (Å²) in [4.78, 5) is 27.0. The third kappa shape index (κ3) is 5.67. The van der Waals surface area contributed by atoms with Crippen molar-refractivity contribution in [2.75, 3.05) is 32.4 Å². The number of imidazole rings is 1. The lowest BCUT2D eigenvalue weighted by atomic mass is 10.1. The number of anilines is 1. The second-order valence-electron chi connectivity index (χ2n) is 9.92. The van der Waals surface area contributed by atoms with E-state index in [0.29, 0.717) is 36.6 Å². The molecule has 0 aliphatic carbocycles. The number of carbonyl (C=O) groups excluding carboxylic acids is 1. The van der Waals surface area contributed by atoms with E-state index < -0.39 is 12.0 Å². The van der Waals surface area contributed by atoms with Gasteiger partial charge in [0.1, 0.15) is 30.2 Å². The lowest BCUT2D eigenvalue weighted by molar-refractivity contribution is -0.197. The maximum absolute atomic E-state index is 12.1. The summed E-state index contributed by atoms with van der Waals surface area (Å²) in [6.07, 6.45) is 2.62. The van der Waals surface area contributed by atoms with Crippen LogP contribution in [0.5, 0.6) is 0 Å². The molecule has 12 heteroatoms. The van der Waals surface area contributed by atoms with Gasteiger partial charge in [0.25, 0.3) is 0 Å². The van der Waals surface area contributed by atoms with E-state index in [1.165, 1.54) is 6.33 Å². The quantitative estimate of drug-likeness (QED) is 0.366. The van der Waals surface area contributed by atoms with E-state index in [-0.39, 0.29) is 24.3 Å². The number of fused-ring (bicyclic) bond motifs is 2. The van der Waals surface area contributed by atoms with Crippen LogP contribution in [0.4, 0.5) is 10.6 Å². The summed E-state index contributed by atoms with van der Waals surface area (Å²) < 4.78 is 20.8. The number of nitrogens with zero attached hydrogens (tertiary/aromatic N) is 5. The summed E-state index contributed by atoms with van der Waals surface area (Å²) in [6, 6.07) is 9.65. The second kappa shape index (κ2) is 10.6. The van der Waals surface area contributed by atoms with Crippen LogP contribution in [0.2, 0.25) is 0 Å². The summed E-state index contributed by atoms with van der Waals surface area (Å²) in [5, 5.41) is 5.79. The number of nitrogens with one attached hydrogen (secondary N) is 2. The minimum absolute atomic E-state index is 0.174. The number of likely N-dealkylation sites (N-methyl/N-ethyl adjacent to an activating group) is 1. The Hall–Kier alpha value is -3.32. The van der Waals surface area contributed by atoms with Gasteiger partial charge in [0.15, 0.2) is 23.5 Å². The maximum Gasteiger partial charge on any atom is 0.315 e. The number of carbonyl (C=O) groups is 1. The van der Waals surface area contributed by atoms with Gasteiger partial charge < -0.3 is 35.5 Å². The Morgan fingerprint density at radius 2 is 1.92 bits per heavy atom. The Kier molecular flexibility index (Phi) is 7.24. The van der Waals surface area contributed by atoms with E-state index in [1.54, 1.807) is 6.33 Å². The molecule has 1 aromatic carbocycles. The van der Waals surface area contributed by atoms with Crippen LogP contribution >= 0.6 is 0 Å². The molecule has 4 unspecified atom stereocenters. The van der Waals surface area contributed by atoms with Crippen molar-refractivity contribution >= 4 is 23.0 Å². The lowest BCUT2D eigenvalue weighted by Crippen LogP contribution is -2.40. The molecule has 4 N–H and O–H groups in total. The van der Waals surface area contributed by atoms with E-state index >= 15 is 0 Å². The smallest absolute Gasteiger partial charge is 0.315 e. The molecule has 0 bridgehead atoms. The summed E-state index contributed by atoms with van der Waals surface area (Å²) >= 11 is 0. The van der Waals surface area contributed by atoms with Crippen molar-refractivity contribution in [2.24, 2.45) is 0 Å². The highest BCUT2D eigenvalue weighted by atomic mass is 16.8. The lowest BCUT2D eigenvalue weighted by Gasteiger charge is -2.27. The molecule has 198 valence electrons. The van der Waals surface area contributed by atoms with Gasteiger partial charge in [-0.25, -0.2) is 19.7 Å². The molecule has 2 aliphatic rings. The summed E-state index contributed by atoms with van der Waals surface area (Å²) in [5.41, 5.74) is 8.15. The minimum Gasteiger partial charge on any atom is -0.382 e. The van der Waals surface area contributed by atoms with Gasteiger partial charge in [-0.15, -0.1) is 0 Å². The van der Waals surface area contributed by atoms with Gasteiger partial charge >= 0.3 is 6.03 Å². The van der Waals surface area contributed by atoms with Gasteiger partial charge in [-0.1, -0.05) is 30.3 Å². The van der Waals surface area contributed by atoms with E-state index in [2.05, 4.69) is 30.5 Å². The fourth-order valence-electron chi connectivity index (χ4n) is 4.88. The summed E-state index contributed by atoms with van der Waals surface area (Å²) in [5.74, 6) is -0.406. The number of urea groups is 1. The van der Waals surface area contributed by atoms with E-state index in [0.717, 1.165) is 18.5 Å². The fraction of sp³-hybridized carbons (Fsp3) is 0.520. The van der Waals surface area contributed by atoms with Crippen molar-refractivity contribution in [1.82, 2.24) is 35.1 Å². The first kappa shape index (κ1) is 25.3. The van der Waals surface area contributed by atoms with Crippen LogP contribution in [-0.4, -0.2) is 81.2 Å². The number of amides is 2. The van der Waals surface area contributed by atoms with Crippen molar-refractivity contribution in [1.29, 1.82) is 0 Å². The van der Waals surface area contributed by atoms with Crippen LogP contribution in [0.3, 0.4) is 0 Å². The number of ether oxygens (including phenoxy) is 3. The zero-order chi connectivity index (χ0) is 26.0. The first-order valence-electron chi connectivity index (χ1n) is 12.5. The van der Waals surface area contributed by atoms with Crippen molar-refractivity contribution in [3.05, 3.63) is 48.5 Å². The third-order valence-corrected chi connectivity index (χ3v) is 6.58. The van der Waals surface area contributed by atoms with Crippen LogP contribution in [0.1, 0.15) is 32.1 Å². The van der Waals surface area contributed by atoms with Crippen LogP contribution < -0.4 is 16.4 Å². The Morgan fingerprint density at radius 3 is 2.73 bits per heavy atom. The summed E-state index contributed by atoms with van der Waals surface area (Å²) in [7, 11) is 2.03. The molecule has 37 heavy (non-hydrogen) atoms. The first-order valence-corrected chi connectivity index (χ1v) is 12.5. The molecule has 0 saturated carbocycles. The molecule has 2 aromatic heterocycles. The topological polar surface area (TPSA) is 142 Å². The first-order chi connectivity index (χ1) is 17.8. The summed E-state index contributed by atoms with van der Waals surface area (Å²) in [6.45, 7) is 6.30. The highest BCUT2D eigenvalue weighted by Crippen LogP contribution is 2.44. The van der Waals surface area contributed by atoms with E-state index in [9.17, 15) is 4.79 Å². The van der Waals surface area contributed by atoms with Crippen LogP contribution in [0.15, 0.2) is 43.0 Å². The molecule has 2 saturated heterocycles. The van der Waals surface area contributed by atoms with Gasteiger partial charge in [0.05, 0.1) is 6.33 Å². The molecule has 4 heterocycles. The maximum atomic E-state index is 12.1. The molecule has 4 atom stereocenters. The Bertz CT molecular complexity index is 1220. The normalized spacial score (nSPS) is 24.4. The zero-order valence-corrected chi connectivity index (χ0v) is 21.3. The molecule has 0 radical (unpaired) electrons. The number of hydrogen-bond donors (Lipinski definition) is 3. The largest absolute Gasteiger partial charge is 0.382 e. The van der Waals surface area contributed by atoms with Gasteiger partial charge in [-0.2, -0.15) is 0 Å². The minimum atomic E-state index is -0.727. The molecular formula is C25H34N8O4. The molecule has 2 aliphatic heterocycles. The van der Waals surface area contributed by atoms with Crippen LogP contribution in [0, 0.1) is 0 Å². The number of nitrogens with two attached hydrogens (primary N) is 1. The Balaban J connectivity index is 1.14. The number of rotatable bonds is 9. The zero-order valence-electron chi connectivity index (χ0n) is 21.3. The predicted octanol–water partition coefficient (Wildman–Crippen LogP) is 1.65. The van der Waals surface area contributed by atoms with Gasteiger partial charge in [-0.3, -0.25) is 4.57 Å². The molecule has 3 aromatic rings. The Morgan fingerprint density at radius 1 is 1.14 bits per heavy atom. The molecular weight excluding hydrogens is 476 g/mol. The highest BCUT2D eigenvalue weighted by Gasteiger charge is 2.56. The van der Waals surface area contributed by atoms with E-state index in [4.69, 9.17) is 19.9 Å². The number of hydrogen-bond acceptors (Lipinski definition) is 9. The van der Waals surface area contributed by atoms with Gasteiger partial charge in [0.2, 0.25) is 0 Å². The van der Waals surface area contributed by atoms with Gasteiger partial charge in [0, 0.05) is 19.6 Å². The third-order valence-electron chi connectivity index (χ3n) is 6.58. The average Bonchev–Trinajstić information content (AvgIpc) is 3.53. The van der Waals surface area contributed by atoms with Crippen molar-refractivity contribution < 1.29 is 19.0 Å². The molecule has 5 rings (SSSR count). The Labute approximate surface area is 215 Å². The molecule has 0 spiro atoms. The van der Waals surface area contributed by atoms with Crippen LogP contribution in [-0.2, 0) is 20.8 Å². The number of nitrogen functional groups attached to an aromatic ring is 1. The molecule has 2 fully saturated rings. The monoisotopic (exact) mass is 510 g/mol. The highest BCUT2D eigenvalue weighted by molar-refractivity contribution is 5.81. The molecule has 2 amide bonds. The van der Waals surface area contributed by atoms with E-state index in [1.807, 2.05) is 55.8 Å². The van der Waals surface area contributed by atoms with Gasteiger partial charge in [-0.05, 0) is 39.4 Å².